The van der Waals surface area contributed by atoms with Gasteiger partial charge in [0.1, 0.15) is 11.5 Å². The van der Waals surface area contributed by atoms with Crippen LogP contribution in [0.25, 0.3) is 178 Å². The molecule has 10 heteroatoms. The standard InChI is InChI=1S/C74H50N8O2/c1-39-16-20-42(21-17-39)65-54-26-24-46(75-54)34-47-25-27-55(76-47)66(43-22-18-40(2)19-23-43)61-36-51-53-38-63-68(45-13-9-15-49(33-45)84-4)59-31-29-57(78-59)64(41-10-6-5-7-11-41)56-28-30-58(77-56)67(44-12-8-14-48(32-44)83-3)62-37-52-50-35-60(65)79-71(50)69(72(51)80-61)70(73(52)81-62)74(53)82-63/h5-38,75,78,80-81H,1-4H3. The molecule has 8 aromatic heterocycles. The van der Waals surface area contributed by atoms with E-state index in [1.807, 2.05) is 24.3 Å². The Hall–Kier alpha value is -11.1. The molecule has 84 heavy (non-hydrogen) atoms. The molecule has 2 aliphatic heterocycles. The van der Waals surface area contributed by atoms with Crippen molar-refractivity contribution in [1.82, 2.24) is 39.9 Å². The largest absolute Gasteiger partial charge is 0.497 e. The number of aryl methyl sites for hydroxylation is 2. The molecule has 10 heterocycles. The normalized spacial score (nSPS) is 12.4. The zero-order valence-corrected chi connectivity index (χ0v) is 46.2. The molecule has 398 valence electrons. The molecule has 10 nitrogen and oxygen atoms in total. The highest BCUT2D eigenvalue weighted by molar-refractivity contribution is 6.39. The van der Waals surface area contributed by atoms with Crippen LogP contribution in [0.15, 0.2) is 182 Å². The number of hydrogen-bond acceptors (Lipinski definition) is 6. The van der Waals surface area contributed by atoms with Gasteiger partial charge in [-0.05, 0) is 145 Å². The third kappa shape index (κ3) is 7.36. The Morgan fingerprint density at radius 3 is 1.39 bits per heavy atom. The van der Waals surface area contributed by atoms with Crippen LogP contribution in [-0.2, 0) is 0 Å². The molecule has 0 unspecified atom stereocenters. The van der Waals surface area contributed by atoms with Gasteiger partial charge in [-0.2, -0.15) is 0 Å². The lowest BCUT2D eigenvalue weighted by Gasteiger charge is -2.08. The van der Waals surface area contributed by atoms with Crippen LogP contribution in [0.1, 0.15) is 33.9 Å². The molecule has 0 saturated heterocycles. The number of ether oxygens (including phenoxy) is 2. The van der Waals surface area contributed by atoms with E-state index in [9.17, 15) is 0 Å². The van der Waals surface area contributed by atoms with Crippen LogP contribution in [0.5, 0.6) is 11.5 Å². The van der Waals surface area contributed by atoms with E-state index in [1.54, 1.807) is 14.2 Å². The van der Waals surface area contributed by atoms with Gasteiger partial charge in [0.05, 0.1) is 70.1 Å². The fourth-order valence-electron chi connectivity index (χ4n) is 13.1. The maximum Gasteiger partial charge on any atom is 0.119 e. The van der Waals surface area contributed by atoms with Gasteiger partial charge in [0.15, 0.2) is 0 Å². The van der Waals surface area contributed by atoms with Crippen molar-refractivity contribution in [2.24, 2.45) is 0 Å². The molecular formula is C74H50N8O2. The maximum absolute atomic E-state index is 5.94. The number of benzene rings is 7. The summed E-state index contributed by atoms with van der Waals surface area (Å²) in [5.41, 5.74) is 26.2. The number of aromatic nitrogens is 8. The van der Waals surface area contributed by atoms with Crippen molar-refractivity contribution in [3.8, 4) is 67.1 Å². The molecule has 0 atom stereocenters. The average molecular weight is 1080 g/mol. The Morgan fingerprint density at radius 1 is 0.333 bits per heavy atom. The molecule has 16 bridgehead atoms. The first-order valence-corrected chi connectivity index (χ1v) is 28.2. The third-order valence-electron chi connectivity index (χ3n) is 17.1. The number of nitrogens with one attached hydrogen (secondary N) is 4. The van der Waals surface area contributed by atoms with E-state index in [2.05, 4.69) is 216 Å². The predicted molar refractivity (Wildman–Crippen MR) is 347 cm³/mol. The van der Waals surface area contributed by atoms with Crippen LogP contribution in [-0.4, -0.2) is 54.1 Å². The molecule has 4 N–H and O–H groups in total. The number of rotatable bonds is 7. The Kier molecular flexibility index (Phi) is 10.3. The number of methoxy groups -OCH3 is 2. The van der Waals surface area contributed by atoms with Crippen LogP contribution in [0.4, 0.5) is 0 Å². The van der Waals surface area contributed by atoms with Crippen molar-refractivity contribution in [1.29, 1.82) is 0 Å². The van der Waals surface area contributed by atoms with Crippen LogP contribution < -0.4 is 9.47 Å². The lowest BCUT2D eigenvalue weighted by atomic mass is 9.97. The molecule has 0 fully saturated rings. The molecule has 15 aromatic rings. The van der Waals surface area contributed by atoms with Gasteiger partial charge < -0.3 is 29.4 Å². The second-order valence-electron chi connectivity index (χ2n) is 22.2. The predicted octanol–water partition coefficient (Wildman–Crippen LogP) is 18.6. The van der Waals surface area contributed by atoms with Crippen molar-refractivity contribution in [2.45, 2.75) is 13.8 Å². The third-order valence-corrected chi connectivity index (χ3v) is 17.1. The summed E-state index contributed by atoms with van der Waals surface area (Å²) in [7, 11) is 3.43. The van der Waals surface area contributed by atoms with E-state index in [-0.39, 0.29) is 0 Å². The molecule has 0 aliphatic carbocycles. The number of hydrogen-bond donors (Lipinski definition) is 4. The molecule has 7 aromatic carbocycles. The minimum absolute atomic E-state index is 0.741. The number of nitrogens with zero attached hydrogens (tertiary/aromatic N) is 4. The van der Waals surface area contributed by atoms with Gasteiger partial charge in [0.2, 0.25) is 0 Å². The van der Waals surface area contributed by atoms with E-state index in [4.69, 9.17) is 29.4 Å². The number of aromatic amines is 4. The SMILES string of the molecule is COc1cccc(-c2c3nc(c(-c4ccccc4)c4ccc([nH]4)c(-c4cccc(OC)c4)c4cc5c6cc7[nH]c6c6c8nc(cc8c8cc2[nH]c8c6c5n4)c(-c2ccc(C)cc2)c2ccc(cc4nc(c7-c5ccc(C)cc5)C=C4)[nH]2)C=C3)c1. The van der Waals surface area contributed by atoms with E-state index in [1.165, 1.54) is 11.1 Å². The van der Waals surface area contributed by atoms with Crippen LogP contribution >= 0.6 is 0 Å². The molecule has 0 amide bonds. The van der Waals surface area contributed by atoms with E-state index in [0.29, 0.717) is 0 Å². The van der Waals surface area contributed by atoms with Crippen molar-refractivity contribution in [3.63, 3.8) is 0 Å². The Labute approximate surface area is 480 Å². The zero-order chi connectivity index (χ0) is 55.9. The molecule has 2 aliphatic rings. The second kappa shape index (κ2) is 18.2. The van der Waals surface area contributed by atoms with Gasteiger partial charge in [-0.1, -0.05) is 114 Å². The summed E-state index contributed by atoms with van der Waals surface area (Å²) in [5.74, 6) is 1.48. The van der Waals surface area contributed by atoms with E-state index < -0.39 is 0 Å². The average Bonchev–Trinajstić information content (AvgIpc) is 1.87. The summed E-state index contributed by atoms with van der Waals surface area (Å²) in [6, 6.07) is 64.5. The van der Waals surface area contributed by atoms with Gasteiger partial charge in [0, 0.05) is 93.2 Å². The smallest absolute Gasteiger partial charge is 0.119 e. The van der Waals surface area contributed by atoms with Gasteiger partial charge in [-0.15, -0.1) is 0 Å². The lowest BCUT2D eigenvalue weighted by molar-refractivity contribution is 0.415. The molecule has 17 rings (SSSR count). The molecule has 0 radical (unpaired) electrons. The topological polar surface area (TPSA) is 133 Å². The van der Waals surface area contributed by atoms with Gasteiger partial charge >= 0.3 is 0 Å². The summed E-state index contributed by atoms with van der Waals surface area (Å²) >= 11 is 0. The summed E-state index contributed by atoms with van der Waals surface area (Å²) in [5, 5.41) is 5.90. The first kappa shape index (κ1) is 47.7. The minimum Gasteiger partial charge on any atom is -0.497 e. The fraction of sp³-hybridized carbons (Fsp3) is 0.0541. The zero-order valence-electron chi connectivity index (χ0n) is 46.2. The van der Waals surface area contributed by atoms with Crippen LogP contribution in [0.3, 0.4) is 0 Å². The Balaban J connectivity index is 1.16. The van der Waals surface area contributed by atoms with Crippen molar-refractivity contribution < 1.29 is 9.47 Å². The second-order valence-corrected chi connectivity index (χ2v) is 22.2. The summed E-state index contributed by atoms with van der Waals surface area (Å²) in [6.45, 7) is 4.25. The highest BCUT2D eigenvalue weighted by Crippen LogP contribution is 2.49. The number of fused-ring (bicyclic) bond motifs is 14. The highest BCUT2D eigenvalue weighted by atomic mass is 16.5. The highest BCUT2D eigenvalue weighted by Gasteiger charge is 2.26. The van der Waals surface area contributed by atoms with Gasteiger partial charge in [0.25, 0.3) is 0 Å². The van der Waals surface area contributed by atoms with Gasteiger partial charge in [-0.3, -0.25) is 0 Å². The summed E-state index contributed by atoms with van der Waals surface area (Å²) < 4.78 is 11.9. The van der Waals surface area contributed by atoms with Crippen LogP contribution in [0.2, 0.25) is 0 Å². The van der Waals surface area contributed by atoms with E-state index in [0.717, 1.165) is 188 Å². The molecule has 0 saturated carbocycles. The van der Waals surface area contributed by atoms with E-state index >= 15 is 0 Å². The molecular weight excluding hydrogens is 1030 g/mol. The number of H-pyrrole nitrogens is 4. The Morgan fingerprint density at radius 2 is 0.798 bits per heavy atom. The Bertz CT molecular complexity index is 5530. The van der Waals surface area contributed by atoms with Crippen LogP contribution in [0, 0.1) is 13.8 Å². The quantitative estimate of drug-likeness (QED) is 0.126. The van der Waals surface area contributed by atoms with Crippen molar-refractivity contribution in [3.05, 3.63) is 216 Å². The fourth-order valence-corrected chi connectivity index (χ4v) is 13.1. The lowest BCUT2D eigenvalue weighted by Crippen LogP contribution is -1.89. The van der Waals surface area contributed by atoms with Crippen molar-refractivity contribution >= 4 is 123 Å². The van der Waals surface area contributed by atoms with Gasteiger partial charge in [-0.25, -0.2) is 19.9 Å². The first-order chi connectivity index (χ1) is 41.3. The monoisotopic (exact) mass is 1080 g/mol. The maximum atomic E-state index is 5.94. The van der Waals surface area contributed by atoms with Crippen molar-refractivity contribution in [2.75, 3.05) is 14.2 Å². The summed E-state index contributed by atoms with van der Waals surface area (Å²) in [6.07, 6.45) is 8.52. The minimum atomic E-state index is 0.741. The first-order valence-electron chi connectivity index (χ1n) is 28.2. The molecule has 0 spiro atoms. The summed E-state index contributed by atoms with van der Waals surface area (Å²) in [4.78, 5) is 38.9.